The third-order valence-electron chi connectivity index (χ3n) is 3.95. The Labute approximate surface area is 132 Å². The SMILES string of the molecule is CC(C)c1ccc([C@H]2C[C@@H]2C(=O)NCCNS(C)(=O)=O)cc1. The fourth-order valence-electron chi connectivity index (χ4n) is 2.53. The number of hydrogen-bond donors (Lipinski definition) is 2. The third-order valence-corrected chi connectivity index (χ3v) is 4.68. The van der Waals surface area contributed by atoms with E-state index in [2.05, 4.69) is 48.2 Å². The summed E-state index contributed by atoms with van der Waals surface area (Å²) >= 11 is 0. The van der Waals surface area contributed by atoms with Crippen molar-refractivity contribution < 1.29 is 13.2 Å². The van der Waals surface area contributed by atoms with Gasteiger partial charge in [-0.2, -0.15) is 0 Å². The van der Waals surface area contributed by atoms with Crippen molar-refractivity contribution >= 4 is 15.9 Å². The normalized spacial score (nSPS) is 20.9. The largest absolute Gasteiger partial charge is 0.355 e. The lowest BCUT2D eigenvalue weighted by Crippen LogP contribution is -2.35. The Morgan fingerprint density at radius 1 is 1.23 bits per heavy atom. The molecule has 0 bridgehead atoms. The highest BCUT2D eigenvalue weighted by Gasteiger charge is 2.43. The van der Waals surface area contributed by atoms with Gasteiger partial charge in [0.15, 0.2) is 0 Å². The van der Waals surface area contributed by atoms with Crippen LogP contribution < -0.4 is 10.0 Å². The van der Waals surface area contributed by atoms with Gasteiger partial charge in [0.1, 0.15) is 0 Å². The van der Waals surface area contributed by atoms with Crippen LogP contribution in [0.2, 0.25) is 0 Å². The molecule has 2 atom stereocenters. The van der Waals surface area contributed by atoms with E-state index in [9.17, 15) is 13.2 Å². The van der Waals surface area contributed by atoms with Gasteiger partial charge in [0.2, 0.25) is 15.9 Å². The summed E-state index contributed by atoms with van der Waals surface area (Å²) in [7, 11) is -3.19. The number of rotatable bonds is 7. The van der Waals surface area contributed by atoms with Crippen molar-refractivity contribution in [1.29, 1.82) is 0 Å². The molecular weight excluding hydrogens is 300 g/mol. The predicted octanol–water partition coefficient (Wildman–Crippen LogP) is 1.58. The quantitative estimate of drug-likeness (QED) is 0.748. The van der Waals surface area contributed by atoms with Crippen molar-refractivity contribution in [3.8, 4) is 0 Å². The molecule has 0 unspecified atom stereocenters. The standard InChI is InChI=1S/C16H24N2O3S/c1-11(2)12-4-6-13(7-5-12)14-10-15(14)16(19)17-8-9-18-22(3,20)21/h4-7,11,14-15,18H,8-10H2,1-3H3,(H,17,19)/t14-,15+/m1/s1. The van der Waals surface area contributed by atoms with Crippen LogP contribution in [0.1, 0.15) is 43.2 Å². The molecule has 122 valence electrons. The summed E-state index contributed by atoms with van der Waals surface area (Å²) in [6.45, 7) is 4.87. The summed E-state index contributed by atoms with van der Waals surface area (Å²) in [6, 6.07) is 8.48. The fraction of sp³-hybridized carbons (Fsp3) is 0.562. The molecule has 5 nitrogen and oxygen atoms in total. The van der Waals surface area contributed by atoms with Crippen molar-refractivity contribution in [3.63, 3.8) is 0 Å². The average Bonchev–Trinajstić information content (AvgIpc) is 3.23. The second kappa shape index (κ2) is 6.79. The summed E-state index contributed by atoms with van der Waals surface area (Å²) in [5.74, 6) is 0.829. The minimum absolute atomic E-state index is 0.00763. The van der Waals surface area contributed by atoms with Crippen LogP contribution in [-0.2, 0) is 14.8 Å². The lowest BCUT2D eigenvalue weighted by molar-refractivity contribution is -0.122. The van der Waals surface area contributed by atoms with Crippen LogP contribution in [-0.4, -0.2) is 33.7 Å². The topological polar surface area (TPSA) is 75.3 Å². The highest BCUT2D eigenvalue weighted by atomic mass is 32.2. The van der Waals surface area contributed by atoms with Gasteiger partial charge in [0.25, 0.3) is 0 Å². The van der Waals surface area contributed by atoms with Gasteiger partial charge in [-0.05, 0) is 29.4 Å². The Hall–Kier alpha value is -1.40. The molecule has 0 aromatic heterocycles. The Bertz CT molecular complexity index is 623. The van der Waals surface area contributed by atoms with Gasteiger partial charge in [-0.1, -0.05) is 38.1 Å². The second-order valence-electron chi connectivity index (χ2n) is 6.23. The van der Waals surface area contributed by atoms with E-state index in [-0.39, 0.29) is 18.4 Å². The molecule has 6 heteroatoms. The van der Waals surface area contributed by atoms with E-state index in [1.165, 1.54) is 11.1 Å². The number of nitrogens with one attached hydrogen (secondary N) is 2. The van der Waals surface area contributed by atoms with Crippen molar-refractivity contribution in [3.05, 3.63) is 35.4 Å². The minimum atomic E-state index is -3.19. The first-order valence-corrected chi connectivity index (χ1v) is 9.49. The lowest BCUT2D eigenvalue weighted by atomic mass is 10.00. The molecular formula is C16H24N2O3S. The van der Waals surface area contributed by atoms with E-state index < -0.39 is 10.0 Å². The maximum absolute atomic E-state index is 12.0. The summed E-state index contributed by atoms with van der Waals surface area (Å²) < 4.78 is 24.2. The molecule has 0 radical (unpaired) electrons. The van der Waals surface area contributed by atoms with E-state index in [1.54, 1.807) is 0 Å². The highest BCUT2D eigenvalue weighted by molar-refractivity contribution is 7.88. The van der Waals surface area contributed by atoms with Gasteiger partial charge in [0, 0.05) is 19.0 Å². The zero-order valence-electron chi connectivity index (χ0n) is 13.3. The van der Waals surface area contributed by atoms with Crippen LogP contribution in [0.4, 0.5) is 0 Å². The lowest BCUT2D eigenvalue weighted by Gasteiger charge is -2.07. The zero-order chi connectivity index (χ0) is 16.3. The Morgan fingerprint density at radius 3 is 2.41 bits per heavy atom. The summed E-state index contributed by atoms with van der Waals surface area (Å²) in [5, 5.41) is 2.78. The number of sulfonamides is 1. The van der Waals surface area contributed by atoms with Crippen molar-refractivity contribution in [2.45, 2.75) is 32.1 Å². The van der Waals surface area contributed by atoms with Gasteiger partial charge in [-0.25, -0.2) is 13.1 Å². The molecule has 1 aliphatic rings. The van der Waals surface area contributed by atoms with Crippen LogP contribution in [0, 0.1) is 5.92 Å². The summed E-state index contributed by atoms with van der Waals surface area (Å²) in [4.78, 5) is 12.0. The van der Waals surface area contributed by atoms with Crippen molar-refractivity contribution in [1.82, 2.24) is 10.0 Å². The molecule has 1 aliphatic carbocycles. The predicted molar refractivity (Wildman–Crippen MR) is 87.2 cm³/mol. The molecule has 0 spiro atoms. The van der Waals surface area contributed by atoms with Crippen LogP contribution in [0.15, 0.2) is 24.3 Å². The first-order chi connectivity index (χ1) is 10.3. The van der Waals surface area contributed by atoms with E-state index in [0.717, 1.165) is 12.7 Å². The number of amides is 1. The molecule has 0 heterocycles. The van der Waals surface area contributed by atoms with E-state index in [0.29, 0.717) is 18.4 Å². The number of carbonyl (C=O) groups excluding carboxylic acids is 1. The summed E-state index contributed by atoms with van der Waals surface area (Å²) in [5.41, 5.74) is 2.51. The minimum Gasteiger partial charge on any atom is -0.355 e. The maximum atomic E-state index is 12.0. The maximum Gasteiger partial charge on any atom is 0.223 e. The van der Waals surface area contributed by atoms with Gasteiger partial charge >= 0.3 is 0 Å². The highest BCUT2D eigenvalue weighted by Crippen LogP contribution is 2.47. The second-order valence-corrected chi connectivity index (χ2v) is 8.06. The van der Waals surface area contributed by atoms with E-state index in [1.807, 2.05) is 0 Å². The number of hydrogen-bond acceptors (Lipinski definition) is 3. The molecule has 1 fully saturated rings. The molecule has 1 amide bonds. The molecule has 0 saturated heterocycles. The fourth-order valence-corrected chi connectivity index (χ4v) is 3.01. The van der Waals surface area contributed by atoms with E-state index in [4.69, 9.17) is 0 Å². The molecule has 2 rings (SSSR count). The first kappa shape index (κ1) is 17.0. The molecule has 1 saturated carbocycles. The molecule has 1 aromatic rings. The first-order valence-electron chi connectivity index (χ1n) is 7.60. The van der Waals surface area contributed by atoms with Gasteiger partial charge in [0.05, 0.1) is 6.26 Å². The Balaban J connectivity index is 1.78. The number of benzene rings is 1. The third kappa shape index (κ3) is 4.81. The zero-order valence-corrected chi connectivity index (χ0v) is 14.1. The molecule has 0 aliphatic heterocycles. The van der Waals surface area contributed by atoms with Gasteiger partial charge < -0.3 is 5.32 Å². The summed E-state index contributed by atoms with van der Waals surface area (Å²) in [6.07, 6.45) is 1.97. The van der Waals surface area contributed by atoms with Crippen LogP contribution in [0.3, 0.4) is 0 Å². The Kier molecular flexibility index (Phi) is 5.24. The smallest absolute Gasteiger partial charge is 0.223 e. The van der Waals surface area contributed by atoms with Crippen LogP contribution in [0.5, 0.6) is 0 Å². The van der Waals surface area contributed by atoms with E-state index >= 15 is 0 Å². The molecule has 2 N–H and O–H groups in total. The van der Waals surface area contributed by atoms with Crippen LogP contribution in [0.25, 0.3) is 0 Å². The van der Waals surface area contributed by atoms with Crippen molar-refractivity contribution in [2.24, 2.45) is 5.92 Å². The molecule has 22 heavy (non-hydrogen) atoms. The van der Waals surface area contributed by atoms with Gasteiger partial charge in [-0.3, -0.25) is 4.79 Å². The monoisotopic (exact) mass is 324 g/mol. The average molecular weight is 324 g/mol. The molecule has 1 aromatic carbocycles. The van der Waals surface area contributed by atoms with Gasteiger partial charge in [-0.15, -0.1) is 0 Å². The van der Waals surface area contributed by atoms with Crippen LogP contribution >= 0.6 is 0 Å². The van der Waals surface area contributed by atoms with Crippen molar-refractivity contribution in [2.75, 3.05) is 19.3 Å². The number of carbonyl (C=O) groups is 1. The Morgan fingerprint density at radius 2 is 1.86 bits per heavy atom.